The maximum atomic E-state index is 12.9. The summed E-state index contributed by atoms with van der Waals surface area (Å²) in [4.78, 5) is 40.8. The summed E-state index contributed by atoms with van der Waals surface area (Å²) in [5.41, 5.74) is 1.51. The number of nitrogens with one attached hydrogen (secondary N) is 1. The molecule has 32 heavy (non-hydrogen) atoms. The lowest BCUT2D eigenvalue weighted by Gasteiger charge is -2.30. The number of ether oxygens (including phenoxy) is 2. The van der Waals surface area contributed by atoms with E-state index >= 15 is 0 Å². The van der Waals surface area contributed by atoms with Crippen molar-refractivity contribution < 1.29 is 23.9 Å². The summed E-state index contributed by atoms with van der Waals surface area (Å²) in [6.07, 6.45) is 4.18. The second-order valence-corrected chi connectivity index (χ2v) is 9.88. The summed E-state index contributed by atoms with van der Waals surface area (Å²) in [6.45, 7) is 4.37. The summed E-state index contributed by atoms with van der Waals surface area (Å²) >= 11 is 0. The van der Waals surface area contributed by atoms with E-state index in [1.807, 2.05) is 18.2 Å². The average molecular weight is 440 g/mol. The first-order valence-electron chi connectivity index (χ1n) is 11.8. The molecule has 1 aromatic carbocycles. The number of carbonyl (C=O) groups excluding carboxylic acids is 3. The van der Waals surface area contributed by atoms with Crippen LogP contribution in [0, 0.1) is 11.8 Å². The minimum atomic E-state index is -0.588. The quantitative estimate of drug-likeness (QED) is 0.712. The van der Waals surface area contributed by atoms with E-state index in [0.29, 0.717) is 36.4 Å². The molecule has 8 nitrogen and oxygen atoms in total. The van der Waals surface area contributed by atoms with Gasteiger partial charge in [-0.3, -0.25) is 24.6 Å². The lowest BCUT2D eigenvalue weighted by molar-refractivity contribution is -0.136. The summed E-state index contributed by atoms with van der Waals surface area (Å²) in [5, 5.41) is 2.35. The number of carbonyl (C=O) groups is 3. The maximum Gasteiger partial charge on any atom is 0.255 e. The van der Waals surface area contributed by atoms with Crippen LogP contribution in [0.4, 0.5) is 0 Å². The van der Waals surface area contributed by atoms with Gasteiger partial charge in [0.15, 0.2) is 0 Å². The normalized spacial score (nSPS) is 34.7. The Labute approximate surface area is 187 Å². The maximum absolute atomic E-state index is 12.9. The van der Waals surface area contributed by atoms with Gasteiger partial charge < -0.3 is 14.4 Å². The lowest BCUT2D eigenvalue weighted by Crippen LogP contribution is -2.52. The van der Waals surface area contributed by atoms with Gasteiger partial charge in [-0.25, -0.2) is 0 Å². The Morgan fingerprint density at radius 1 is 1.03 bits per heavy atom. The number of imide groups is 1. The zero-order valence-corrected chi connectivity index (χ0v) is 18.1. The third-order valence-corrected chi connectivity index (χ3v) is 7.94. The number of rotatable bonds is 4. The molecular weight excluding hydrogens is 410 g/mol. The summed E-state index contributed by atoms with van der Waals surface area (Å²) in [6, 6.07) is 5.51. The molecule has 3 saturated heterocycles. The Morgan fingerprint density at radius 2 is 1.84 bits per heavy atom. The van der Waals surface area contributed by atoms with Crippen LogP contribution >= 0.6 is 0 Å². The number of likely N-dealkylation sites (tertiary alicyclic amines) is 1. The minimum Gasteiger partial charge on any atom is -0.489 e. The van der Waals surface area contributed by atoms with E-state index < -0.39 is 6.04 Å². The van der Waals surface area contributed by atoms with Crippen LogP contribution in [0.5, 0.6) is 5.75 Å². The fourth-order valence-electron chi connectivity index (χ4n) is 6.25. The summed E-state index contributed by atoms with van der Waals surface area (Å²) < 4.78 is 12.1. The molecule has 4 aliphatic heterocycles. The molecule has 1 unspecified atom stereocenters. The first-order chi connectivity index (χ1) is 15.6. The molecule has 1 saturated carbocycles. The number of piperidine rings is 1. The van der Waals surface area contributed by atoms with Gasteiger partial charge in [0.1, 0.15) is 17.9 Å². The number of fused-ring (bicyclic) bond motifs is 2. The molecule has 1 aliphatic carbocycles. The molecule has 6 rings (SSSR count). The van der Waals surface area contributed by atoms with E-state index in [0.717, 1.165) is 50.5 Å². The van der Waals surface area contributed by atoms with Crippen molar-refractivity contribution >= 4 is 17.7 Å². The zero-order valence-electron chi connectivity index (χ0n) is 18.1. The molecule has 5 aliphatic rings. The Kier molecular flexibility index (Phi) is 4.95. The first-order valence-corrected chi connectivity index (χ1v) is 11.8. The topological polar surface area (TPSA) is 88.2 Å². The second-order valence-electron chi connectivity index (χ2n) is 9.88. The highest BCUT2D eigenvalue weighted by Gasteiger charge is 2.44. The van der Waals surface area contributed by atoms with Crippen molar-refractivity contribution in [3.63, 3.8) is 0 Å². The number of nitrogens with zero attached hydrogens (tertiary/aromatic N) is 2. The van der Waals surface area contributed by atoms with E-state index in [4.69, 9.17) is 9.47 Å². The molecule has 4 heterocycles. The SMILES string of the molecule is O=C1CCC(N2Cc3cc(O[C@@H]4CCC[C@H]4N4C[C@H]5COC[C@H]5C4)ccc3C2=O)C(=O)N1. The van der Waals surface area contributed by atoms with Crippen LogP contribution in [0.15, 0.2) is 18.2 Å². The van der Waals surface area contributed by atoms with Gasteiger partial charge in [-0.2, -0.15) is 0 Å². The van der Waals surface area contributed by atoms with Gasteiger partial charge in [0.2, 0.25) is 11.8 Å². The molecule has 8 heteroatoms. The van der Waals surface area contributed by atoms with Crippen molar-refractivity contribution in [1.29, 1.82) is 0 Å². The molecule has 1 N–H and O–H groups in total. The smallest absolute Gasteiger partial charge is 0.255 e. The number of hydrogen-bond acceptors (Lipinski definition) is 6. The van der Waals surface area contributed by atoms with Crippen molar-refractivity contribution in [3.8, 4) is 5.75 Å². The Hall–Kier alpha value is -2.45. The van der Waals surface area contributed by atoms with E-state index in [1.165, 1.54) is 6.42 Å². The lowest BCUT2D eigenvalue weighted by atomic mass is 10.0. The van der Waals surface area contributed by atoms with Crippen LogP contribution in [0.1, 0.15) is 48.0 Å². The number of benzene rings is 1. The van der Waals surface area contributed by atoms with Gasteiger partial charge in [-0.05, 0) is 49.4 Å². The van der Waals surface area contributed by atoms with E-state index in [1.54, 1.807) is 4.90 Å². The third kappa shape index (κ3) is 3.40. The molecular formula is C24H29N3O5. The van der Waals surface area contributed by atoms with Gasteiger partial charge in [0.25, 0.3) is 5.91 Å². The molecule has 5 atom stereocenters. The summed E-state index contributed by atoms with van der Waals surface area (Å²) in [5.74, 6) is 1.33. The van der Waals surface area contributed by atoms with E-state index in [9.17, 15) is 14.4 Å². The number of amides is 3. The van der Waals surface area contributed by atoms with E-state index in [2.05, 4.69) is 10.2 Å². The molecule has 1 aromatic rings. The van der Waals surface area contributed by atoms with Crippen molar-refractivity contribution in [2.24, 2.45) is 11.8 Å². The van der Waals surface area contributed by atoms with Crippen molar-refractivity contribution in [2.75, 3.05) is 26.3 Å². The van der Waals surface area contributed by atoms with Crippen LogP contribution in [-0.4, -0.2) is 72.0 Å². The average Bonchev–Trinajstić information content (AvgIpc) is 3.52. The number of hydrogen-bond donors (Lipinski definition) is 1. The Balaban J connectivity index is 1.14. The largest absolute Gasteiger partial charge is 0.489 e. The van der Waals surface area contributed by atoms with Crippen LogP contribution in [0.3, 0.4) is 0 Å². The second kappa shape index (κ2) is 7.85. The summed E-state index contributed by atoms with van der Waals surface area (Å²) in [7, 11) is 0. The van der Waals surface area contributed by atoms with Crippen molar-refractivity contribution in [2.45, 2.75) is 56.8 Å². The molecule has 3 amide bonds. The van der Waals surface area contributed by atoms with Crippen molar-refractivity contribution in [1.82, 2.24) is 15.1 Å². The molecule has 4 fully saturated rings. The van der Waals surface area contributed by atoms with Gasteiger partial charge in [-0.1, -0.05) is 0 Å². The van der Waals surface area contributed by atoms with Crippen LogP contribution in [0.25, 0.3) is 0 Å². The highest BCUT2D eigenvalue weighted by atomic mass is 16.5. The van der Waals surface area contributed by atoms with Crippen LogP contribution in [0.2, 0.25) is 0 Å². The Bertz CT molecular complexity index is 953. The fraction of sp³-hybridized carbons (Fsp3) is 0.625. The fourth-order valence-corrected chi connectivity index (χ4v) is 6.25. The Morgan fingerprint density at radius 3 is 2.62 bits per heavy atom. The van der Waals surface area contributed by atoms with Crippen molar-refractivity contribution in [3.05, 3.63) is 29.3 Å². The monoisotopic (exact) mass is 439 g/mol. The standard InChI is InChI=1S/C24H29N3O5/c28-22-7-6-20(23(29)25-22)27-11-14-8-17(4-5-18(14)24(27)30)32-21-3-1-2-19(21)26-9-15-12-31-13-16(15)10-26/h4-5,8,15-16,19-21H,1-3,6-7,9-13H2,(H,25,28,29)/t15-,16+,19-,20?,21-/m1/s1. The molecule has 0 spiro atoms. The highest BCUT2D eigenvalue weighted by Crippen LogP contribution is 2.37. The predicted octanol–water partition coefficient (Wildman–Crippen LogP) is 1.33. The highest BCUT2D eigenvalue weighted by molar-refractivity contribution is 6.05. The van der Waals surface area contributed by atoms with Crippen LogP contribution < -0.4 is 10.1 Å². The third-order valence-electron chi connectivity index (χ3n) is 7.94. The first kappa shape index (κ1) is 20.2. The predicted molar refractivity (Wildman–Crippen MR) is 114 cm³/mol. The van der Waals surface area contributed by atoms with Gasteiger partial charge in [0, 0.05) is 49.5 Å². The van der Waals surface area contributed by atoms with Gasteiger partial charge in [-0.15, -0.1) is 0 Å². The van der Waals surface area contributed by atoms with Gasteiger partial charge in [0.05, 0.1) is 13.2 Å². The molecule has 0 radical (unpaired) electrons. The minimum absolute atomic E-state index is 0.148. The molecule has 0 bridgehead atoms. The molecule has 0 aromatic heterocycles. The zero-order chi connectivity index (χ0) is 21.8. The van der Waals surface area contributed by atoms with Gasteiger partial charge >= 0.3 is 0 Å². The van der Waals surface area contributed by atoms with Crippen LogP contribution in [-0.2, 0) is 20.9 Å². The van der Waals surface area contributed by atoms with E-state index in [-0.39, 0.29) is 30.2 Å². The molecule has 170 valence electrons.